The van der Waals surface area contributed by atoms with Gasteiger partial charge in [-0.15, -0.1) is 0 Å². The monoisotopic (exact) mass is 402 g/mol. The molecule has 4 aromatic rings. The zero-order valence-electron chi connectivity index (χ0n) is 16.4. The molecule has 3 N–H and O–H groups in total. The van der Waals surface area contributed by atoms with Crippen LogP contribution in [-0.2, 0) is 17.8 Å². The molecule has 2 heterocycles. The molecule has 0 spiro atoms. The summed E-state index contributed by atoms with van der Waals surface area (Å²) < 4.78 is 5.87. The Labute approximate surface area is 173 Å². The van der Waals surface area contributed by atoms with E-state index in [2.05, 4.69) is 9.97 Å². The third kappa shape index (κ3) is 4.60. The van der Waals surface area contributed by atoms with Gasteiger partial charge in [-0.1, -0.05) is 30.3 Å². The van der Waals surface area contributed by atoms with Crippen molar-refractivity contribution in [2.45, 2.75) is 25.9 Å². The molecule has 2 aromatic heterocycles. The number of ether oxygens (including phenoxy) is 1. The number of aryl methyl sites for hydroxylation is 1. The molecule has 0 atom stereocenters. The second-order valence-corrected chi connectivity index (χ2v) is 7.20. The number of aromatic amines is 2. The number of fused-ring (bicyclic) bond motifs is 1. The summed E-state index contributed by atoms with van der Waals surface area (Å²) in [6, 6.07) is 19.3. The lowest BCUT2D eigenvalue weighted by molar-refractivity contribution is -0.137. The Kier molecular flexibility index (Phi) is 5.66. The SMILES string of the molecule is O=C(O)CCCc1cc(C(=O)c2cc3cc(OCc4ccccc4)ccc3[nH]2)c[nH]1. The maximum atomic E-state index is 12.8. The smallest absolute Gasteiger partial charge is 0.303 e. The summed E-state index contributed by atoms with van der Waals surface area (Å²) in [6.07, 6.45) is 2.90. The number of aliphatic carboxylic acids is 1. The molecular formula is C24H22N2O4. The van der Waals surface area contributed by atoms with E-state index in [9.17, 15) is 9.59 Å². The lowest BCUT2D eigenvalue weighted by atomic mass is 10.1. The number of ketones is 1. The van der Waals surface area contributed by atoms with Gasteiger partial charge in [0.15, 0.2) is 0 Å². The van der Waals surface area contributed by atoms with E-state index in [-0.39, 0.29) is 12.2 Å². The number of carbonyl (C=O) groups excluding carboxylic acids is 1. The fourth-order valence-corrected chi connectivity index (χ4v) is 3.37. The van der Waals surface area contributed by atoms with E-state index in [4.69, 9.17) is 9.84 Å². The summed E-state index contributed by atoms with van der Waals surface area (Å²) in [5.41, 5.74) is 3.86. The number of hydrogen-bond acceptors (Lipinski definition) is 3. The predicted molar refractivity (Wildman–Crippen MR) is 114 cm³/mol. The zero-order chi connectivity index (χ0) is 20.9. The van der Waals surface area contributed by atoms with Crippen LogP contribution in [0.1, 0.15) is 40.2 Å². The lowest BCUT2D eigenvalue weighted by Crippen LogP contribution is -1.99. The fraction of sp³-hybridized carbons (Fsp3) is 0.167. The first-order valence-electron chi connectivity index (χ1n) is 9.82. The number of H-pyrrole nitrogens is 2. The number of carboxylic acid groups (broad SMARTS) is 1. The van der Waals surface area contributed by atoms with Gasteiger partial charge in [-0.05, 0) is 48.7 Å². The Morgan fingerprint density at radius 3 is 2.63 bits per heavy atom. The van der Waals surface area contributed by atoms with Gasteiger partial charge < -0.3 is 19.8 Å². The molecule has 0 fully saturated rings. The quantitative estimate of drug-likeness (QED) is 0.353. The van der Waals surface area contributed by atoms with Crippen LogP contribution in [0, 0.1) is 0 Å². The van der Waals surface area contributed by atoms with Gasteiger partial charge in [0, 0.05) is 34.8 Å². The van der Waals surface area contributed by atoms with E-state index < -0.39 is 5.97 Å². The molecule has 0 saturated heterocycles. The third-order valence-electron chi connectivity index (χ3n) is 4.93. The molecule has 6 nitrogen and oxygen atoms in total. The van der Waals surface area contributed by atoms with E-state index in [1.54, 1.807) is 12.3 Å². The van der Waals surface area contributed by atoms with Crippen LogP contribution in [0.3, 0.4) is 0 Å². The predicted octanol–water partition coefficient (Wildman–Crippen LogP) is 4.71. The number of carboxylic acids is 1. The van der Waals surface area contributed by atoms with Crippen molar-refractivity contribution in [1.29, 1.82) is 0 Å². The number of benzene rings is 2. The molecule has 0 aliphatic carbocycles. The first-order chi connectivity index (χ1) is 14.6. The average Bonchev–Trinajstić information content (AvgIpc) is 3.39. The van der Waals surface area contributed by atoms with Gasteiger partial charge in [-0.3, -0.25) is 9.59 Å². The Hall–Kier alpha value is -3.80. The van der Waals surface area contributed by atoms with Crippen LogP contribution in [0.5, 0.6) is 5.75 Å². The molecule has 0 radical (unpaired) electrons. The van der Waals surface area contributed by atoms with Crippen molar-refractivity contribution in [3.05, 3.63) is 89.4 Å². The van der Waals surface area contributed by atoms with Gasteiger partial charge in [0.25, 0.3) is 0 Å². The van der Waals surface area contributed by atoms with Crippen LogP contribution >= 0.6 is 0 Å². The molecule has 4 rings (SSSR count). The molecule has 2 aromatic carbocycles. The first-order valence-corrected chi connectivity index (χ1v) is 9.82. The van der Waals surface area contributed by atoms with Gasteiger partial charge >= 0.3 is 5.97 Å². The normalized spacial score (nSPS) is 10.9. The van der Waals surface area contributed by atoms with E-state index in [1.807, 2.05) is 54.6 Å². The van der Waals surface area contributed by atoms with E-state index in [0.29, 0.717) is 30.7 Å². The summed E-state index contributed by atoms with van der Waals surface area (Å²) in [5.74, 6) is -0.187. The maximum Gasteiger partial charge on any atom is 0.303 e. The highest BCUT2D eigenvalue weighted by molar-refractivity contribution is 6.10. The van der Waals surface area contributed by atoms with Gasteiger partial charge in [0.1, 0.15) is 12.4 Å². The number of rotatable bonds is 9. The molecule has 6 heteroatoms. The van der Waals surface area contributed by atoms with Crippen molar-refractivity contribution in [2.24, 2.45) is 0 Å². The van der Waals surface area contributed by atoms with Crippen molar-refractivity contribution < 1.29 is 19.4 Å². The minimum Gasteiger partial charge on any atom is -0.489 e. The number of nitrogens with one attached hydrogen (secondary N) is 2. The summed E-state index contributed by atoms with van der Waals surface area (Å²) in [7, 11) is 0. The van der Waals surface area contributed by atoms with E-state index in [0.717, 1.165) is 27.9 Å². The van der Waals surface area contributed by atoms with Crippen molar-refractivity contribution >= 4 is 22.7 Å². The number of carbonyl (C=O) groups is 2. The Morgan fingerprint density at radius 1 is 1.00 bits per heavy atom. The second kappa shape index (κ2) is 8.69. The molecule has 0 unspecified atom stereocenters. The second-order valence-electron chi connectivity index (χ2n) is 7.20. The van der Waals surface area contributed by atoms with Gasteiger partial charge in [0.2, 0.25) is 5.78 Å². The van der Waals surface area contributed by atoms with Gasteiger partial charge in [0.05, 0.1) is 5.69 Å². The topological polar surface area (TPSA) is 95.2 Å². The molecule has 152 valence electrons. The summed E-state index contributed by atoms with van der Waals surface area (Å²) in [4.78, 5) is 29.7. The van der Waals surface area contributed by atoms with Crippen LogP contribution in [0.4, 0.5) is 0 Å². The summed E-state index contributed by atoms with van der Waals surface area (Å²) >= 11 is 0. The molecule has 0 aliphatic rings. The summed E-state index contributed by atoms with van der Waals surface area (Å²) in [6.45, 7) is 0.483. The number of aromatic nitrogens is 2. The van der Waals surface area contributed by atoms with E-state index in [1.165, 1.54) is 0 Å². The van der Waals surface area contributed by atoms with Crippen LogP contribution < -0.4 is 4.74 Å². The van der Waals surface area contributed by atoms with Crippen molar-refractivity contribution in [1.82, 2.24) is 9.97 Å². The Morgan fingerprint density at radius 2 is 1.83 bits per heavy atom. The highest BCUT2D eigenvalue weighted by atomic mass is 16.5. The van der Waals surface area contributed by atoms with Crippen molar-refractivity contribution in [3.8, 4) is 5.75 Å². The summed E-state index contributed by atoms with van der Waals surface area (Å²) in [5, 5.41) is 9.64. The molecular weight excluding hydrogens is 380 g/mol. The highest BCUT2D eigenvalue weighted by Gasteiger charge is 2.14. The zero-order valence-corrected chi connectivity index (χ0v) is 16.4. The molecule has 0 aliphatic heterocycles. The molecule has 0 bridgehead atoms. The van der Waals surface area contributed by atoms with Crippen LogP contribution in [0.15, 0.2) is 66.9 Å². The maximum absolute atomic E-state index is 12.8. The van der Waals surface area contributed by atoms with Crippen molar-refractivity contribution in [3.63, 3.8) is 0 Å². The minimum atomic E-state index is -0.817. The highest BCUT2D eigenvalue weighted by Crippen LogP contribution is 2.24. The Balaban J connectivity index is 1.44. The van der Waals surface area contributed by atoms with Crippen LogP contribution in [0.25, 0.3) is 10.9 Å². The number of hydrogen-bond donors (Lipinski definition) is 3. The molecule has 30 heavy (non-hydrogen) atoms. The molecule has 0 amide bonds. The third-order valence-corrected chi connectivity index (χ3v) is 4.93. The van der Waals surface area contributed by atoms with Gasteiger partial charge in [-0.25, -0.2) is 0 Å². The standard InChI is InChI=1S/C24H22N2O4/c27-23(28)8-4-7-19-11-18(14-25-19)24(29)22-13-17-12-20(9-10-21(17)26-22)30-15-16-5-2-1-3-6-16/h1-3,5-6,9-14,25-26H,4,7-8,15H2,(H,27,28). The van der Waals surface area contributed by atoms with Crippen LogP contribution in [0.2, 0.25) is 0 Å². The fourth-order valence-electron chi connectivity index (χ4n) is 3.37. The lowest BCUT2D eigenvalue weighted by Gasteiger charge is -2.06. The van der Waals surface area contributed by atoms with Crippen LogP contribution in [-0.4, -0.2) is 26.8 Å². The first kappa shape index (κ1) is 19.5. The van der Waals surface area contributed by atoms with Gasteiger partial charge in [-0.2, -0.15) is 0 Å². The average molecular weight is 402 g/mol. The van der Waals surface area contributed by atoms with Crippen molar-refractivity contribution in [2.75, 3.05) is 0 Å². The largest absolute Gasteiger partial charge is 0.489 e. The van der Waals surface area contributed by atoms with E-state index >= 15 is 0 Å². The Bertz CT molecular complexity index is 1170. The molecule has 0 saturated carbocycles. The minimum absolute atomic E-state index is 0.110.